The van der Waals surface area contributed by atoms with E-state index in [1.54, 1.807) is 45.0 Å². The quantitative estimate of drug-likeness (QED) is 0.793. The Bertz CT molecular complexity index is 470. The van der Waals surface area contributed by atoms with Crippen molar-refractivity contribution in [3.05, 3.63) is 35.4 Å². The molecule has 20 heavy (non-hydrogen) atoms. The Morgan fingerprint density at radius 1 is 1.05 bits per heavy atom. The molecular formula is C15H20O5. The van der Waals surface area contributed by atoms with Crippen LogP contribution in [0.2, 0.25) is 0 Å². The summed E-state index contributed by atoms with van der Waals surface area (Å²) in [6, 6.07) is 6.48. The monoisotopic (exact) mass is 280 g/mol. The van der Waals surface area contributed by atoms with Crippen molar-refractivity contribution < 1.29 is 23.8 Å². The van der Waals surface area contributed by atoms with Crippen molar-refractivity contribution in [2.24, 2.45) is 0 Å². The Morgan fingerprint density at radius 3 is 2.00 bits per heavy atom. The molecule has 0 aliphatic carbocycles. The normalized spacial score (nSPS) is 12.7. The van der Waals surface area contributed by atoms with E-state index in [-0.39, 0.29) is 0 Å². The molecule has 1 aromatic rings. The second-order valence-corrected chi connectivity index (χ2v) is 5.26. The zero-order valence-corrected chi connectivity index (χ0v) is 12.4. The molecule has 0 bridgehead atoms. The highest BCUT2D eigenvalue weighted by molar-refractivity contribution is 5.90. The van der Waals surface area contributed by atoms with Gasteiger partial charge in [-0.25, -0.2) is 9.59 Å². The van der Waals surface area contributed by atoms with E-state index in [1.807, 2.05) is 0 Å². The summed E-state index contributed by atoms with van der Waals surface area (Å²) in [5.41, 5.74) is 0.492. The zero-order chi connectivity index (χ0) is 15.3. The molecule has 0 saturated heterocycles. The second-order valence-electron chi connectivity index (χ2n) is 5.26. The number of carbonyl (C=O) groups is 2. The van der Waals surface area contributed by atoms with Gasteiger partial charge in [0.2, 0.25) is 0 Å². The predicted octanol–water partition coefficient (Wildman–Crippen LogP) is 2.50. The van der Waals surface area contributed by atoms with Gasteiger partial charge in [0.25, 0.3) is 0 Å². The molecular weight excluding hydrogens is 260 g/mol. The van der Waals surface area contributed by atoms with Gasteiger partial charge in [0.1, 0.15) is 5.60 Å². The Kier molecular flexibility index (Phi) is 5.27. The van der Waals surface area contributed by atoms with Crippen molar-refractivity contribution >= 4 is 11.9 Å². The van der Waals surface area contributed by atoms with Crippen LogP contribution in [-0.4, -0.2) is 31.8 Å². The number of ether oxygens (including phenoxy) is 3. The molecule has 0 aliphatic heterocycles. The van der Waals surface area contributed by atoms with Gasteiger partial charge in [0, 0.05) is 7.11 Å². The zero-order valence-electron chi connectivity index (χ0n) is 12.4. The molecule has 0 aromatic heterocycles. The van der Waals surface area contributed by atoms with Crippen LogP contribution >= 0.6 is 0 Å². The van der Waals surface area contributed by atoms with Crippen LogP contribution in [0, 0.1) is 0 Å². The van der Waals surface area contributed by atoms with Gasteiger partial charge in [-0.15, -0.1) is 0 Å². The Labute approximate surface area is 118 Å². The summed E-state index contributed by atoms with van der Waals surface area (Å²) in [5, 5.41) is 0. The largest absolute Gasteiger partial charge is 0.467 e. The Morgan fingerprint density at radius 2 is 1.60 bits per heavy atom. The highest BCUT2D eigenvalue weighted by atomic mass is 16.6. The minimum absolute atomic E-state index is 0.406. The fourth-order valence-electron chi connectivity index (χ4n) is 1.61. The van der Waals surface area contributed by atoms with Crippen LogP contribution < -0.4 is 0 Å². The van der Waals surface area contributed by atoms with Crippen LogP contribution in [0.1, 0.15) is 42.8 Å². The summed E-state index contributed by atoms with van der Waals surface area (Å²) in [6.45, 7) is 5.41. The molecule has 0 radical (unpaired) electrons. The molecule has 5 nitrogen and oxygen atoms in total. The van der Waals surface area contributed by atoms with Crippen molar-refractivity contribution in [3.63, 3.8) is 0 Å². The number of benzene rings is 1. The van der Waals surface area contributed by atoms with E-state index < -0.39 is 23.6 Å². The van der Waals surface area contributed by atoms with E-state index in [2.05, 4.69) is 4.74 Å². The fraction of sp³-hybridized carbons (Fsp3) is 0.467. The highest BCUT2D eigenvalue weighted by Crippen LogP contribution is 2.20. The van der Waals surface area contributed by atoms with Crippen LogP contribution in [0.15, 0.2) is 24.3 Å². The van der Waals surface area contributed by atoms with Crippen molar-refractivity contribution in [3.8, 4) is 0 Å². The summed E-state index contributed by atoms with van der Waals surface area (Å²) < 4.78 is 15.0. The third-order valence-electron chi connectivity index (χ3n) is 2.50. The summed E-state index contributed by atoms with van der Waals surface area (Å²) in [7, 11) is 2.72. The molecule has 0 N–H and O–H groups in total. The fourth-order valence-corrected chi connectivity index (χ4v) is 1.61. The minimum Gasteiger partial charge on any atom is -0.467 e. The van der Waals surface area contributed by atoms with E-state index in [0.717, 1.165) is 0 Å². The molecule has 0 heterocycles. The molecule has 110 valence electrons. The smallest absolute Gasteiger partial charge is 0.339 e. The lowest BCUT2D eigenvalue weighted by Crippen LogP contribution is -2.24. The maximum absolute atomic E-state index is 11.9. The van der Waals surface area contributed by atoms with Gasteiger partial charge in [-0.3, -0.25) is 0 Å². The standard InChI is InChI=1S/C15H20O5/c1-15(2,3)20-13(16)11-8-6-10(7-9-11)12(18-4)14(17)19-5/h6-9,12H,1-5H3. The van der Waals surface area contributed by atoms with E-state index in [4.69, 9.17) is 9.47 Å². The maximum atomic E-state index is 11.9. The number of rotatable bonds is 4. The van der Waals surface area contributed by atoms with Crippen molar-refractivity contribution in [2.45, 2.75) is 32.5 Å². The van der Waals surface area contributed by atoms with Gasteiger partial charge in [-0.2, -0.15) is 0 Å². The maximum Gasteiger partial charge on any atom is 0.339 e. The van der Waals surface area contributed by atoms with Gasteiger partial charge in [0.15, 0.2) is 6.10 Å². The van der Waals surface area contributed by atoms with Crippen LogP contribution in [0.3, 0.4) is 0 Å². The Balaban J connectivity index is 2.88. The minimum atomic E-state index is -0.798. The van der Waals surface area contributed by atoms with Gasteiger partial charge >= 0.3 is 11.9 Å². The first-order valence-corrected chi connectivity index (χ1v) is 6.22. The molecule has 0 aliphatic rings. The lowest BCUT2D eigenvalue weighted by atomic mass is 10.1. The van der Waals surface area contributed by atoms with E-state index in [9.17, 15) is 9.59 Å². The van der Waals surface area contributed by atoms with Gasteiger partial charge in [-0.1, -0.05) is 12.1 Å². The highest BCUT2D eigenvalue weighted by Gasteiger charge is 2.22. The van der Waals surface area contributed by atoms with E-state index >= 15 is 0 Å². The van der Waals surface area contributed by atoms with Crippen molar-refractivity contribution in [1.82, 2.24) is 0 Å². The number of methoxy groups -OCH3 is 2. The first-order valence-electron chi connectivity index (χ1n) is 6.22. The number of hydrogen-bond donors (Lipinski definition) is 0. The molecule has 1 rings (SSSR count). The summed E-state index contributed by atoms with van der Waals surface area (Å²) in [6.07, 6.45) is -0.798. The molecule has 1 aromatic carbocycles. The van der Waals surface area contributed by atoms with E-state index in [0.29, 0.717) is 11.1 Å². The number of hydrogen-bond acceptors (Lipinski definition) is 5. The van der Waals surface area contributed by atoms with Crippen LogP contribution in [0.5, 0.6) is 0 Å². The summed E-state index contributed by atoms with van der Waals surface area (Å²) >= 11 is 0. The molecule has 1 atom stereocenters. The van der Waals surface area contributed by atoms with Gasteiger partial charge in [-0.05, 0) is 38.5 Å². The second kappa shape index (κ2) is 6.52. The molecule has 0 saturated carbocycles. The molecule has 1 unspecified atom stereocenters. The lowest BCUT2D eigenvalue weighted by Gasteiger charge is -2.19. The molecule has 0 amide bonds. The number of esters is 2. The Hall–Kier alpha value is -1.88. The topological polar surface area (TPSA) is 61.8 Å². The van der Waals surface area contributed by atoms with Gasteiger partial charge < -0.3 is 14.2 Å². The summed E-state index contributed by atoms with van der Waals surface area (Å²) in [5.74, 6) is -0.895. The molecule has 0 spiro atoms. The number of carbonyl (C=O) groups excluding carboxylic acids is 2. The van der Waals surface area contributed by atoms with Crippen LogP contribution in [0.4, 0.5) is 0 Å². The van der Waals surface area contributed by atoms with Gasteiger partial charge in [0.05, 0.1) is 12.7 Å². The average Bonchev–Trinajstić information content (AvgIpc) is 2.38. The lowest BCUT2D eigenvalue weighted by molar-refractivity contribution is -0.152. The molecule has 0 fully saturated rings. The van der Waals surface area contributed by atoms with Crippen molar-refractivity contribution in [2.75, 3.05) is 14.2 Å². The van der Waals surface area contributed by atoms with Crippen LogP contribution in [0.25, 0.3) is 0 Å². The SMILES string of the molecule is COC(=O)C(OC)c1ccc(C(=O)OC(C)(C)C)cc1. The third-order valence-corrected chi connectivity index (χ3v) is 2.50. The predicted molar refractivity (Wildman–Crippen MR) is 73.4 cm³/mol. The summed E-state index contributed by atoms with van der Waals surface area (Å²) in [4.78, 5) is 23.4. The molecule has 5 heteroatoms. The average molecular weight is 280 g/mol. The first kappa shape index (κ1) is 16.2. The third kappa shape index (κ3) is 4.35. The van der Waals surface area contributed by atoms with Crippen molar-refractivity contribution in [1.29, 1.82) is 0 Å². The first-order chi connectivity index (χ1) is 9.28. The van der Waals surface area contributed by atoms with Crippen LogP contribution in [-0.2, 0) is 19.0 Å². The van der Waals surface area contributed by atoms with E-state index in [1.165, 1.54) is 14.2 Å².